The molecule has 1 N–H and O–H groups in total. The van der Waals surface area contributed by atoms with Crippen molar-refractivity contribution in [3.8, 4) is 0 Å². The van der Waals surface area contributed by atoms with Crippen LogP contribution in [0.4, 0.5) is 0 Å². The molecule has 1 unspecified atom stereocenters. The zero-order valence-electron chi connectivity index (χ0n) is 9.56. The minimum Gasteiger partial charge on any atom is -0.329 e. The molecule has 0 bridgehead atoms. The van der Waals surface area contributed by atoms with Gasteiger partial charge in [-0.2, -0.15) is 0 Å². The molecule has 2 rings (SSSR count). The van der Waals surface area contributed by atoms with Gasteiger partial charge in [0.25, 0.3) is 0 Å². The van der Waals surface area contributed by atoms with Crippen LogP contribution < -0.4 is 5.32 Å². The van der Waals surface area contributed by atoms with Gasteiger partial charge >= 0.3 is 0 Å². The summed E-state index contributed by atoms with van der Waals surface area (Å²) in [5, 5.41) is 3.37. The van der Waals surface area contributed by atoms with Crippen molar-refractivity contribution in [2.45, 2.75) is 19.5 Å². The fourth-order valence-electron chi connectivity index (χ4n) is 1.85. The second-order valence-corrected chi connectivity index (χ2v) is 3.79. The van der Waals surface area contributed by atoms with E-state index in [1.807, 2.05) is 30.6 Å². The first-order chi connectivity index (χ1) is 7.85. The van der Waals surface area contributed by atoms with E-state index in [4.69, 9.17) is 0 Å². The van der Waals surface area contributed by atoms with Gasteiger partial charge in [-0.05, 0) is 18.7 Å². The summed E-state index contributed by atoms with van der Waals surface area (Å²) >= 11 is 0. The van der Waals surface area contributed by atoms with Crippen LogP contribution in [-0.2, 0) is 6.54 Å². The Kier molecular flexibility index (Phi) is 3.37. The van der Waals surface area contributed by atoms with Gasteiger partial charge in [0.2, 0.25) is 0 Å². The minimum atomic E-state index is 0.294. The molecule has 0 aliphatic heterocycles. The quantitative estimate of drug-likeness (QED) is 0.775. The largest absolute Gasteiger partial charge is 0.329 e. The number of imidazole rings is 1. The molecule has 0 saturated heterocycles. The van der Waals surface area contributed by atoms with E-state index >= 15 is 0 Å². The summed E-state index contributed by atoms with van der Waals surface area (Å²) in [5.41, 5.74) is 2.22. The predicted octanol–water partition coefficient (Wildman–Crippen LogP) is 2.20. The maximum atomic E-state index is 4.37. The lowest BCUT2D eigenvalue weighted by atomic mass is 10.2. The first-order valence-electron chi connectivity index (χ1n) is 5.61. The van der Waals surface area contributed by atoms with Crippen molar-refractivity contribution in [2.75, 3.05) is 6.54 Å². The number of aromatic nitrogens is 2. The number of hydrogen-bond acceptors (Lipinski definition) is 2. The van der Waals surface area contributed by atoms with Crippen LogP contribution >= 0.6 is 0 Å². The number of nitrogens with zero attached hydrogens (tertiary/aromatic N) is 2. The van der Waals surface area contributed by atoms with Gasteiger partial charge in [-0.1, -0.05) is 25.1 Å². The monoisotopic (exact) mass is 215 g/mol. The molecule has 0 amide bonds. The van der Waals surface area contributed by atoms with Crippen LogP contribution in [0.15, 0.2) is 43.2 Å². The normalized spacial score (nSPS) is 12.8. The van der Waals surface area contributed by atoms with Gasteiger partial charge in [-0.25, -0.2) is 4.98 Å². The second-order valence-electron chi connectivity index (χ2n) is 3.79. The van der Waals surface area contributed by atoms with E-state index < -0.39 is 0 Å². The summed E-state index contributed by atoms with van der Waals surface area (Å²) < 4.78 is 2.16. The number of para-hydroxylation sites is 2. The highest BCUT2D eigenvalue weighted by Crippen LogP contribution is 2.12. The molecule has 0 radical (unpaired) electrons. The molecule has 1 heterocycles. The van der Waals surface area contributed by atoms with Crippen LogP contribution in [0.2, 0.25) is 0 Å². The fraction of sp³-hybridized carbons (Fsp3) is 0.308. The van der Waals surface area contributed by atoms with Crippen LogP contribution in [0.3, 0.4) is 0 Å². The number of nitrogens with one attached hydrogen (secondary N) is 1. The molecule has 16 heavy (non-hydrogen) atoms. The molecule has 1 aromatic heterocycles. The molecule has 2 aromatic rings. The minimum absolute atomic E-state index is 0.294. The average Bonchev–Trinajstić information content (AvgIpc) is 2.72. The molecule has 3 nitrogen and oxygen atoms in total. The molecular weight excluding hydrogens is 198 g/mol. The number of benzene rings is 1. The molecule has 1 aromatic carbocycles. The van der Waals surface area contributed by atoms with Gasteiger partial charge in [-0.3, -0.25) is 0 Å². The van der Waals surface area contributed by atoms with Gasteiger partial charge in [0.15, 0.2) is 0 Å². The van der Waals surface area contributed by atoms with Crippen LogP contribution in [0.1, 0.15) is 6.92 Å². The summed E-state index contributed by atoms with van der Waals surface area (Å²) in [6.45, 7) is 7.76. The SMILES string of the molecule is C=CC(Cn1cnc2ccccc21)NCC. The molecule has 0 aliphatic carbocycles. The summed E-state index contributed by atoms with van der Waals surface area (Å²) in [6, 6.07) is 8.46. The molecule has 1 atom stereocenters. The van der Waals surface area contributed by atoms with Crippen LogP contribution in [0.25, 0.3) is 11.0 Å². The third-order valence-corrected chi connectivity index (χ3v) is 2.67. The van der Waals surface area contributed by atoms with Crippen molar-refractivity contribution in [1.29, 1.82) is 0 Å². The molecule has 84 valence electrons. The third-order valence-electron chi connectivity index (χ3n) is 2.67. The first-order valence-corrected chi connectivity index (χ1v) is 5.61. The Balaban J connectivity index is 2.23. The number of fused-ring (bicyclic) bond motifs is 1. The van der Waals surface area contributed by atoms with E-state index in [0.29, 0.717) is 6.04 Å². The lowest BCUT2D eigenvalue weighted by molar-refractivity contribution is 0.536. The molecular formula is C13H17N3. The number of likely N-dealkylation sites (N-methyl/N-ethyl adjacent to an activating group) is 1. The smallest absolute Gasteiger partial charge is 0.0958 e. The van der Waals surface area contributed by atoms with Crippen LogP contribution in [0.5, 0.6) is 0 Å². The van der Waals surface area contributed by atoms with Gasteiger partial charge in [0, 0.05) is 12.6 Å². The number of hydrogen-bond donors (Lipinski definition) is 1. The maximum Gasteiger partial charge on any atom is 0.0958 e. The summed E-state index contributed by atoms with van der Waals surface area (Å²) in [5.74, 6) is 0. The molecule has 0 aliphatic rings. The van der Waals surface area contributed by atoms with Gasteiger partial charge < -0.3 is 9.88 Å². The Labute approximate surface area is 95.8 Å². The highest BCUT2D eigenvalue weighted by molar-refractivity contribution is 5.74. The van der Waals surface area contributed by atoms with Crippen molar-refractivity contribution in [3.05, 3.63) is 43.2 Å². The molecule has 0 spiro atoms. The van der Waals surface area contributed by atoms with E-state index in [2.05, 4.69) is 34.4 Å². The maximum absolute atomic E-state index is 4.37. The van der Waals surface area contributed by atoms with Gasteiger partial charge in [0.1, 0.15) is 0 Å². The lowest BCUT2D eigenvalue weighted by Gasteiger charge is -2.14. The molecule has 0 saturated carbocycles. The summed E-state index contributed by atoms with van der Waals surface area (Å²) in [6.07, 6.45) is 3.83. The van der Waals surface area contributed by atoms with E-state index in [1.54, 1.807) is 0 Å². The van der Waals surface area contributed by atoms with Crippen molar-refractivity contribution in [1.82, 2.24) is 14.9 Å². The summed E-state index contributed by atoms with van der Waals surface area (Å²) in [4.78, 5) is 4.37. The highest BCUT2D eigenvalue weighted by atomic mass is 15.1. The van der Waals surface area contributed by atoms with Crippen molar-refractivity contribution in [3.63, 3.8) is 0 Å². The molecule has 3 heteroatoms. The Morgan fingerprint density at radius 1 is 1.50 bits per heavy atom. The van der Waals surface area contributed by atoms with E-state index in [0.717, 1.165) is 18.6 Å². The van der Waals surface area contributed by atoms with Crippen LogP contribution in [0, 0.1) is 0 Å². The zero-order chi connectivity index (χ0) is 11.4. The van der Waals surface area contributed by atoms with Crippen LogP contribution in [-0.4, -0.2) is 22.1 Å². The van der Waals surface area contributed by atoms with Crippen molar-refractivity contribution >= 4 is 11.0 Å². The predicted molar refractivity (Wildman–Crippen MR) is 67.4 cm³/mol. The Morgan fingerprint density at radius 2 is 2.31 bits per heavy atom. The number of rotatable bonds is 5. The summed E-state index contributed by atoms with van der Waals surface area (Å²) in [7, 11) is 0. The average molecular weight is 215 g/mol. The van der Waals surface area contributed by atoms with E-state index in [9.17, 15) is 0 Å². The van der Waals surface area contributed by atoms with E-state index in [-0.39, 0.29) is 0 Å². The third kappa shape index (κ3) is 2.14. The van der Waals surface area contributed by atoms with Crippen molar-refractivity contribution in [2.24, 2.45) is 0 Å². The Bertz CT molecular complexity index is 473. The molecule has 0 fully saturated rings. The van der Waals surface area contributed by atoms with Gasteiger partial charge in [-0.15, -0.1) is 6.58 Å². The first kappa shape index (κ1) is 10.9. The standard InChI is InChI=1S/C13H17N3/c1-3-11(14-4-2)9-16-10-15-12-7-5-6-8-13(12)16/h3,5-8,10-11,14H,1,4,9H2,2H3. The van der Waals surface area contributed by atoms with Crippen molar-refractivity contribution < 1.29 is 0 Å². The topological polar surface area (TPSA) is 29.9 Å². The Morgan fingerprint density at radius 3 is 3.06 bits per heavy atom. The fourth-order valence-corrected chi connectivity index (χ4v) is 1.85. The lowest BCUT2D eigenvalue weighted by Crippen LogP contribution is -2.30. The highest BCUT2D eigenvalue weighted by Gasteiger charge is 2.06. The van der Waals surface area contributed by atoms with E-state index in [1.165, 1.54) is 5.52 Å². The van der Waals surface area contributed by atoms with Gasteiger partial charge in [0.05, 0.1) is 17.4 Å². The zero-order valence-corrected chi connectivity index (χ0v) is 9.56. The Hall–Kier alpha value is -1.61. The second kappa shape index (κ2) is 4.94.